The van der Waals surface area contributed by atoms with Crippen molar-refractivity contribution in [3.8, 4) is 6.07 Å². The number of hydrogen-bond donors (Lipinski definition) is 0. The van der Waals surface area contributed by atoms with Gasteiger partial charge in [0.15, 0.2) is 0 Å². The van der Waals surface area contributed by atoms with Crippen molar-refractivity contribution in [2.24, 2.45) is 11.3 Å². The van der Waals surface area contributed by atoms with Gasteiger partial charge < -0.3 is 0 Å². The first-order valence-electron chi connectivity index (χ1n) is 12.0. The molecule has 4 aromatic rings. The number of pyridine rings is 1. The van der Waals surface area contributed by atoms with E-state index in [1.54, 1.807) is 4.57 Å². The minimum atomic E-state index is -0.00410. The van der Waals surface area contributed by atoms with Crippen molar-refractivity contribution in [3.05, 3.63) is 71.4 Å². The molecule has 4 nitrogen and oxygen atoms in total. The average molecular weight is 468 g/mol. The number of para-hydroxylation sites is 2. The van der Waals surface area contributed by atoms with Crippen molar-refractivity contribution < 1.29 is 4.79 Å². The first-order valence-corrected chi connectivity index (χ1v) is 13.0. The summed E-state index contributed by atoms with van der Waals surface area (Å²) in [7, 11) is 0. The molecule has 1 aliphatic carbocycles. The molecule has 1 atom stereocenters. The molecule has 0 aliphatic heterocycles. The Kier molecular flexibility index (Phi) is 5.95. The summed E-state index contributed by atoms with van der Waals surface area (Å²) in [5, 5.41) is 12.6. The van der Waals surface area contributed by atoms with Gasteiger partial charge in [-0.15, -0.1) is 0 Å². The number of aryl methyl sites for hydroxylation is 1. The topological polar surface area (TPSA) is 58.7 Å². The molecular formula is C29H29N3OS. The highest BCUT2D eigenvalue weighted by atomic mass is 32.2. The van der Waals surface area contributed by atoms with Gasteiger partial charge in [0.1, 0.15) is 11.1 Å². The molecule has 172 valence electrons. The fraction of sp³-hybridized carbons (Fsp3) is 0.345. The third-order valence-corrected chi connectivity index (χ3v) is 8.63. The Morgan fingerprint density at radius 1 is 1.15 bits per heavy atom. The van der Waals surface area contributed by atoms with Gasteiger partial charge in [0, 0.05) is 16.5 Å². The van der Waals surface area contributed by atoms with Gasteiger partial charge in [-0.05, 0) is 54.4 Å². The monoisotopic (exact) mass is 467 g/mol. The molecule has 1 aliphatic rings. The van der Waals surface area contributed by atoms with Gasteiger partial charge in [-0.3, -0.25) is 9.36 Å². The van der Waals surface area contributed by atoms with Crippen molar-refractivity contribution in [2.75, 3.05) is 5.75 Å². The van der Waals surface area contributed by atoms with Crippen LogP contribution >= 0.6 is 11.8 Å². The van der Waals surface area contributed by atoms with E-state index in [0.717, 1.165) is 53.2 Å². The SMILES string of the molecule is CCC(C)(C)C1CCc2nc(SCC(=O)n3c4ccccc4c4ccccc43)c(C#N)cc2C1. The van der Waals surface area contributed by atoms with Crippen LogP contribution in [0.5, 0.6) is 0 Å². The van der Waals surface area contributed by atoms with E-state index in [0.29, 0.717) is 16.5 Å². The molecular weight excluding hydrogens is 438 g/mol. The summed E-state index contributed by atoms with van der Waals surface area (Å²) >= 11 is 1.37. The number of thioether (sulfide) groups is 1. The third-order valence-electron chi connectivity index (χ3n) is 7.65. The van der Waals surface area contributed by atoms with Crippen LogP contribution in [0.1, 0.15) is 55.2 Å². The van der Waals surface area contributed by atoms with Crippen LogP contribution in [0.2, 0.25) is 0 Å². The highest BCUT2D eigenvalue weighted by Gasteiger charge is 2.32. The molecule has 1 unspecified atom stereocenters. The number of carbonyl (C=O) groups is 1. The Morgan fingerprint density at radius 3 is 2.41 bits per heavy atom. The number of rotatable bonds is 5. The summed E-state index contributed by atoms with van der Waals surface area (Å²) in [6.45, 7) is 6.93. The lowest BCUT2D eigenvalue weighted by Gasteiger charge is -2.37. The molecule has 2 heterocycles. The predicted molar refractivity (Wildman–Crippen MR) is 139 cm³/mol. The molecule has 0 saturated heterocycles. The van der Waals surface area contributed by atoms with Crippen LogP contribution in [-0.2, 0) is 12.8 Å². The maximum atomic E-state index is 13.4. The molecule has 0 bridgehead atoms. The molecule has 0 radical (unpaired) electrons. The number of benzene rings is 2. The zero-order valence-corrected chi connectivity index (χ0v) is 20.8. The van der Waals surface area contributed by atoms with Crippen LogP contribution in [0.25, 0.3) is 21.8 Å². The van der Waals surface area contributed by atoms with Crippen molar-refractivity contribution in [3.63, 3.8) is 0 Å². The molecule has 0 fully saturated rings. The Bertz CT molecular complexity index is 1390. The van der Waals surface area contributed by atoms with Gasteiger partial charge in [0.05, 0.1) is 22.3 Å². The second-order valence-electron chi connectivity index (χ2n) is 9.89. The second kappa shape index (κ2) is 8.92. The number of hydrogen-bond acceptors (Lipinski definition) is 4. The number of aromatic nitrogens is 2. The largest absolute Gasteiger partial charge is 0.279 e. The zero-order chi connectivity index (χ0) is 23.9. The summed E-state index contributed by atoms with van der Waals surface area (Å²) < 4.78 is 1.81. The summed E-state index contributed by atoms with van der Waals surface area (Å²) in [5.74, 6) is 0.832. The quantitative estimate of drug-likeness (QED) is 0.296. The van der Waals surface area contributed by atoms with Crippen LogP contribution in [0.4, 0.5) is 0 Å². The normalized spacial score (nSPS) is 15.9. The first kappa shape index (κ1) is 22.7. The maximum Gasteiger partial charge on any atom is 0.241 e. The molecule has 5 heteroatoms. The van der Waals surface area contributed by atoms with Gasteiger partial charge in [-0.2, -0.15) is 5.26 Å². The van der Waals surface area contributed by atoms with Crippen molar-refractivity contribution in [2.45, 2.75) is 51.5 Å². The third kappa shape index (κ3) is 3.91. The zero-order valence-electron chi connectivity index (χ0n) is 20.0. The lowest BCUT2D eigenvalue weighted by molar-refractivity contribution is 0.0951. The molecule has 0 N–H and O–H groups in total. The van der Waals surface area contributed by atoms with Gasteiger partial charge >= 0.3 is 0 Å². The Balaban J connectivity index is 1.42. The van der Waals surface area contributed by atoms with E-state index >= 15 is 0 Å². The second-order valence-corrected chi connectivity index (χ2v) is 10.9. The van der Waals surface area contributed by atoms with E-state index in [1.807, 2.05) is 42.5 Å². The summed E-state index contributed by atoms with van der Waals surface area (Å²) in [5.41, 5.74) is 4.98. The van der Waals surface area contributed by atoms with Crippen LogP contribution in [-0.4, -0.2) is 21.2 Å². The Labute approximate surface area is 205 Å². The molecule has 0 saturated carbocycles. The minimum Gasteiger partial charge on any atom is -0.279 e. The summed E-state index contributed by atoms with van der Waals surface area (Å²) in [4.78, 5) is 18.3. The predicted octanol–water partition coefficient (Wildman–Crippen LogP) is 7.03. The van der Waals surface area contributed by atoms with Gasteiger partial charge in [0.25, 0.3) is 0 Å². The summed E-state index contributed by atoms with van der Waals surface area (Å²) in [6.07, 6.45) is 4.17. The van der Waals surface area contributed by atoms with E-state index in [1.165, 1.54) is 17.3 Å². The molecule has 2 aromatic carbocycles. The van der Waals surface area contributed by atoms with Crippen LogP contribution in [0.3, 0.4) is 0 Å². The molecule has 5 rings (SSSR count). The fourth-order valence-electron chi connectivity index (χ4n) is 5.18. The van der Waals surface area contributed by atoms with Gasteiger partial charge in [0.2, 0.25) is 5.91 Å². The van der Waals surface area contributed by atoms with Gasteiger partial charge in [-0.1, -0.05) is 75.4 Å². The maximum absolute atomic E-state index is 13.4. The molecule has 0 amide bonds. The molecule has 2 aromatic heterocycles. The fourth-order valence-corrected chi connectivity index (χ4v) is 6.00. The van der Waals surface area contributed by atoms with E-state index < -0.39 is 0 Å². The van der Waals surface area contributed by atoms with Crippen LogP contribution in [0.15, 0.2) is 59.6 Å². The van der Waals surface area contributed by atoms with Crippen LogP contribution < -0.4 is 0 Å². The van der Waals surface area contributed by atoms with E-state index in [-0.39, 0.29) is 17.1 Å². The lowest BCUT2D eigenvalue weighted by atomic mass is 9.69. The van der Waals surface area contributed by atoms with E-state index in [4.69, 9.17) is 4.98 Å². The minimum absolute atomic E-state index is 0.00410. The number of carbonyl (C=O) groups excluding carboxylic acids is 1. The standard InChI is InChI=1S/C29H29N3OS/c1-4-29(2,3)21-13-14-24-19(16-21)15-20(17-30)28(31-24)34-18-27(33)32-25-11-7-5-9-22(25)23-10-6-8-12-26(23)32/h5-12,15,21H,4,13-14,16,18H2,1-3H3. The highest BCUT2D eigenvalue weighted by molar-refractivity contribution is 8.00. The first-order chi connectivity index (χ1) is 16.4. The van der Waals surface area contributed by atoms with Crippen LogP contribution in [0, 0.1) is 22.7 Å². The van der Waals surface area contributed by atoms with Crippen molar-refractivity contribution >= 4 is 39.5 Å². The molecule has 0 spiro atoms. The Hall–Kier alpha value is -3.10. The van der Waals surface area contributed by atoms with Gasteiger partial charge in [-0.25, -0.2) is 4.98 Å². The van der Waals surface area contributed by atoms with E-state index in [9.17, 15) is 10.1 Å². The smallest absolute Gasteiger partial charge is 0.241 e. The average Bonchev–Trinajstić information content (AvgIpc) is 3.21. The number of nitrogens with zero attached hydrogens (tertiary/aromatic N) is 3. The Morgan fingerprint density at radius 2 is 1.79 bits per heavy atom. The molecule has 34 heavy (non-hydrogen) atoms. The number of fused-ring (bicyclic) bond motifs is 4. The highest BCUT2D eigenvalue weighted by Crippen LogP contribution is 2.40. The number of nitriles is 1. The van der Waals surface area contributed by atoms with Crippen molar-refractivity contribution in [1.82, 2.24) is 9.55 Å². The summed E-state index contributed by atoms with van der Waals surface area (Å²) in [6, 6.07) is 20.4. The van der Waals surface area contributed by atoms with E-state index in [2.05, 4.69) is 39.0 Å². The van der Waals surface area contributed by atoms with Crippen molar-refractivity contribution in [1.29, 1.82) is 5.26 Å². The lowest BCUT2D eigenvalue weighted by Crippen LogP contribution is -2.29.